The number of aromatic nitrogens is 2. The molecule has 5 rings (SSSR count). The zero-order valence-electron chi connectivity index (χ0n) is 17.9. The molecular weight excluding hydrogens is 446 g/mol. The van der Waals surface area contributed by atoms with Crippen LogP contribution in [0.5, 0.6) is 0 Å². The topological polar surface area (TPSA) is 88.7 Å². The fourth-order valence-corrected chi connectivity index (χ4v) is 5.95. The van der Waals surface area contributed by atoms with Gasteiger partial charge in [-0.2, -0.15) is 0 Å². The van der Waals surface area contributed by atoms with Crippen LogP contribution in [-0.4, -0.2) is 39.7 Å². The summed E-state index contributed by atoms with van der Waals surface area (Å²) in [6, 6.07) is 4.72. The number of anilines is 2. The van der Waals surface area contributed by atoms with Gasteiger partial charge in [0.1, 0.15) is 36.9 Å². The number of amidine groups is 1. The summed E-state index contributed by atoms with van der Waals surface area (Å²) in [4.78, 5) is 13.0. The summed E-state index contributed by atoms with van der Waals surface area (Å²) >= 11 is 1.26. The van der Waals surface area contributed by atoms with Crippen LogP contribution in [0.25, 0.3) is 6.08 Å². The summed E-state index contributed by atoms with van der Waals surface area (Å²) in [6.07, 6.45) is 10.9. The van der Waals surface area contributed by atoms with Crippen LogP contribution in [0.4, 0.5) is 20.2 Å². The Labute approximate surface area is 194 Å². The van der Waals surface area contributed by atoms with Crippen LogP contribution in [0.2, 0.25) is 0 Å². The number of aliphatic imine (C=N–C) groups is 1. The summed E-state index contributed by atoms with van der Waals surface area (Å²) < 4.78 is 33.9. The van der Waals surface area contributed by atoms with E-state index in [-0.39, 0.29) is 17.7 Å². The molecule has 2 aromatic rings. The summed E-state index contributed by atoms with van der Waals surface area (Å²) in [5, 5.41) is 2.09. The number of rotatable bonds is 6. The lowest BCUT2D eigenvalue weighted by molar-refractivity contribution is 0.252. The monoisotopic (exact) mass is 468 g/mol. The molecule has 1 aliphatic carbocycles. The van der Waals surface area contributed by atoms with Gasteiger partial charge in [-0.05, 0) is 31.5 Å². The van der Waals surface area contributed by atoms with E-state index in [4.69, 9.17) is 16.9 Å². The molecule has 0 saturated heterocycles. The minimum Gasteiger partial charge on any atom is -0.483 e. The molecule has 7 nitrogen and oxygen atoms in total. The number of hydrazine groups is 1. The van der Waals surface area contributed by atoms with E-state index in [0.29, 0.717) is 35.7 Å². The van der Waals surface area contributed by atoms with Crippen molar-refractivity contribution in [3.8, 4) is 12.3 Å². The van der Waals surface area contributed by atoms with Crippen LogP contribution in [0.15, 0.2) is 41.5 Å². The van der Waals surface area contributed by atoms with Crippen molar-refractivity contribution in [2.24, 2.45) is 16.6 Å². The first-order chi connectivity index (χ1) is 15.9. The highest BCUT2D eigenvalue weighted by Crippen LogP contribution is 2.66. The summed E-state index contributed by atoms with van der Waals surface area (Å²) in [7, 11) is 0. The van der Waals surface area contributed by atoms with E-state index >= 15 is 4.39 Å². The number of nitrogens with two attached hydrogens (primary N) is 1. The Bertz CT molecular complexity index is 1210. The maximum atomic E-state index is 15.0. The molecule has 3 aliphatic rings. The van der Waals surface area contributed by atoms with Crippen molar-refractivity contribution in [3.05, 3.63) is 53.6 Å². The fraction of sp³-hybridized carbons (Fsp3) is 0.348. The Kier molecular flexibility index (Phi) is 5.16. The smallest absolute Gasteiger partial charge is 0.155 e. The molecule has 1 aromatic carbocycles. The Morgan fingerprint density at radius 2 is 2.30 bits per heavy atom. The number of terminal acetylenes is 1. The zero-order chi connectivity index (χ0) is 23.2. The molecule has 1 fully saturated rings. The maximum Gasteiger partial charge on any atom is 0.155 e. The first-order valence-corrected chi connectivity index (χ1v) is 11.2. The number of hydrogen-bond donors (Lipinski definition) is 2. The van der Waals surface area contributed by atoms with Gasteiger partial charge in [-0.25, -0.2) is 18.7 Å². The van der Waals surface area contributed by atoms with Crippen molar-refractivity contribution in [2.45, 2.75) is 23.6 Å². The lowest BCUT2D eigenvalue weighted by Crippen LogP contribution is -2.37. The maximum absolute atomic E-state index is 15.0. The minimum atomic E-state index is -0.951. The van der Waals surface area contributed by atoms with Crippen molar-refractivity contribution < 1.29 is 13.5 Å². The average Bonchev–Trinajstić information content (AvgIpc) is 3.55. The van der Waals surface area contributed by atoms with Gasteiger partial charge in [0.05, 0.1) is 34.4 Å². The summed E-state index contributed by atoms with van der Waals surface area (Å²) in [5.74, 6) is 2.54. The van der Waals surface area contributed by atoms with E-state index in [9.17, 15) is 4.39 Å². The molecule has 170 valence electrons. The van der Waals surface area contributed by atoms with Crippen molar-refractivity contribution in [1.82, 2.24) is 9.97 Å². The van der Waals surface area contributed by atoms with Gasteiger partial charge in [0, 0.05) is 17.6 Å². The number of ether oxygens (including phenoxy) is 1. The Balaban J connectivity index is 1.47. The molecule has 33 heavy (non-hydrogen) atoms. The second-order valence-electron chi connectivity index (χ2n) is 8.44. The summed E-state index contributed by atoms with van der Waals surface area (Å²) in [6.45, 7) is 1.79. The third-order valence-corrected chi connectivity index (χ3v) is 7.59. The first-order valence-electron chi connectivity index (χ1n) is 10.4. The number of nitrogens with one attached hydrogen (secondary N) is 1. The van der Waals surface area contributed by atoms with Gasteiger partial charge in [0.25, 0.3) is 0 Å². The molecule has 1 aromatic heterocycles. The van der Waals surface area contributed by atoms with E-state index in [0.717, 1.165) is 5.69 Å². The number of halogens is 2. The van der Waals surface area contributed by atoms with Crippen LogP contribution in [0.3, 0.4) is 0 Å². The minimum absolute atomic E-state index is 0.132. The van der Waals surface area contributed by atoms with Crippen LogP contribution in [0.1, 0.15) is 24.6 Å². The Hall–Kier alpha value is -3.32. The molecule has 10 heteroatoms. The molecule has 0 unspecified atom stereocenters. The largest absolute Gasteiger partial charge is 0.483 e. The van der Waals surface area contributed by atoms with Crippen LogP contribution >= 0.6 is 11.8 Å². The molecule has 0 amide bonds. The number of nitrogens with zero attached hydrogens (tertiary/aromatic N) is 4. The number of thioether (sulfide) groups is 1. The van der Waals surface area contributed by atoms with E-state index in [1.165, 1.54) is 24.2 Å². The van der Waals surface area contributed by atoms with Crippen molar-refractivity contribution in [2.75, 3.05) is 30.3 Å². The molecule has 2 aliphatic heterocycles. The predicted molar refractivity (Wildman–Crippen MR) is 126 cm³/mol. The third-order valence-electron chi connectivity index (χ3n) is 6.32. The van der Waals surface area contributed by atoms with Gasteiger partial charge in [0.2, 0.25) is 0 Å². The lowest BCUT2D eigenvalue weighted by atomic mass is 9.85. The second-order valence-corrected chi connectivity index (χ2v) is 9.88. The highest BCUT2D eigenvalue weighted by atomic mass is 32.2. The van der Waals surface area contributed by atoms with Crippen molar-refractivity contribution >= 4 is 34.4 Å². The van der Waals surface area contributed by atoms with Gasteiger partial charge >= 0.3 is 0 Å². The number of alkyl halides is 1. The molecule has 3 heterocycles. The molecule has 1 saturated carbocycles. The number of hydrogen-bond acceptors (Lipinski definition) is 8. The summed E-state index contributed by atoms with van der Waals surface area (Å²) in [5.41, 5.74) is 10.8. The van der Waals surface area contributed by atoms with E-state index in [1.54, 1.807) is 23.3 Å². The fourth-order valence-electron chi connectivity index (χ4n) is 4.62. The SMILES string of the molecule is C#CCOC1=Cc2ncncc2N(Nc2ccc(F)c([C@@]3(C)N=C(N)S[C@@]4(CF)C[C@H]43)c2)C1. The van der Waals surface area contributed by atoms with Crippen LogP contribution in [-0.2, 0) is 10.3 Å². The van der Waals surface area contributed by atoms with E-state index in [1.807, 2.05) is 13.0 Å². The molecule has 0 bridgehead atoms. The molecule has 3 atom stereocenters. The highest BCUT2D eigenvalue weighted by molar-refractivity contribution is 8.15. The Morgan fingerprint density at radius 3 is 3.09 bits per heavy atom. The zero-order valence-corrected chi connectivity index (χ0v) is 18.7. The Morgan fingerprint density at radius 1 is 1.45 bits per heavy atom. The molecular formula is C23H22F2N6OS. The normalized spacial score (nSPS) is 27.5. The second kappa shape index (κ2) is 7.92. The van der Waals surface area contributed by atoms with Gasteiger partial charge < -0.3 is 10.5 Å². The molecule has 3 N–H and O–H groups in total. The van der Waals surface area contributed by atoms with Crippen LogP contribution in [0, 0.1) is 24.1 Å². The molecule has 0 spiro atoms. The quantitative estimate of drug-likeness (QED) is 0.628. The van der Waals surface area contributed by atoms with Gasteiger partial charge in [0.15, 0.2) is 5.17 Å². The van der Waals surface area contributed by atoms with E-state index in [2.05, 4.69) is 26.3 Å². The van der Waals surface area contributed by atoms with Gasteiger partial charge in [-0.1, -0.05) is 17.7 Å². The van der Waals surface area contributed by atoms with Gasteiger partial charge in [-0.3, -0.25) is 15.4 Å². The first kappa shape index (κ1) is 21.5. The van der Waals surface area contributed by atoms with E-state index < -0.39 is 22.8 Å². The average molecular weight is 469 g/mol. The van der Waals surface area contributed by atoms with Gasteiger partial charge in [-0.15, -0.1) is 6.42 Å². The number of benzene rings is 1. The third kappa shape index (κ3) is 3.66. The predicted octanol–water partition coefficient (Wildman–Crippen LogP) is 3.46. The van der Waals surface area contributed by atoms with Crippen molar-refractivity contribution in [3.63, 3.8) is 0 Å². The number of fused-ring (bicyclic) bond motifs is 2. The highest BCUT2D eigenvalue weighted by Gasteiger charge is 2.66. The van der Waals surface area contributed by atoms with Crippen molar-refractivity contribution in [1.29, 1.82) is 0 Å². The lowest BCUT2D eigenvalue weighted by Gasteiger charge is -2.34. The van der Waals surface area contributed by atoms with Crippen LogP contribution < -0.4 is 16.2 Å². The molecule has 0 radical (unpaired) electrons. The standard InChI is InChI=1S/C23H22F2N6OS/c1-3-6-32-15-8-18-19(10-27-13-28-18)31(11-15)30-14-4-5-17(25)16(7-14)22(2)20-9-23(20,12-24)33-21(26)29-22/h1,4-5,7-8,10,13,20,30H,6,9,11-12H2,2H3,(H2,26,29)/t20-,22+,23+/m0/s1.